The number of hydrogen-bond acceptors (Lipinski definition) is 2. The summed E-state index contributed by atoms with van der Waals surface area (Å²) in [7, 11) is 1.89. The van der Waals surface area contributed by atoms with Crippen LogP contribution in [0.4, 0.5) is 0 Å². The minimum atomic E-state index is 0.575. The molecule has 0 atom stereocenters. The van der Waals surface area contributed by atoms with Crippen LogP contribution in [0.25, 0.3) is 0 Å². The van der Waals surface area contributed by atoms with E-state index in [1.165, 1.54) is 5.57 Å². The molecule has 0 bridgehead atoms. The van der Waals surface area contributed by atoms with Crippen LogP contribution in [0, 0.1) is 0 Å². The lowest BCUT2D eigenvalue weighted by atomic mass is 10.2. The van der Waals surface area contributed by atoms with E-state index >= 15 is 0 Å². The smallest absolute Gasteiger partial charge is 0.0328 e. The molecule has 0 saturated heterocycles. The average molecular weight is 154 g/mol. The van der Waals surface area contributed by atoms with Gasteiger partial charge in [-0.05, 0) is 19.4 Å². The summed E-state index contributed by atoms with van der Waals surface area (Å²) in [5, 5.41) is 3.04. The van der Waals surface area contributed by atoms with Crippen LogP contribution >= 0.6 is 0 Å². The summed E-state index contributed by atoms with van der Waals surface area (Å²) >= 11 is 0. The fourth-order valence-corrected chi connectivity index (χ4v) is 0.889. The molecule has 0 aliphatic heterocycles. The van der Waals surface area contributed by atoms with Gasteiger partial charge >= 0.3 is 0 Å². The number of nitrogens with two attached hydrogens (primary N) is 1. The zero-order chi connectivity index (χ0) is 8.69. The Morgan fingerprint density at radius 1 is 1.55 bits per heavy atom. The van der Waals surface area contributed by atoms with E-state index in [1.807, 2.05) is 7.05 Å². The zero-order valence-corrected chi connectivity index (χ0v) is 7.65. The third kappa shape index (κ3) is 4.62. The summed E-state index contributed by atoms with van der Waals surface area (Å²) in [6.45, 7) is 4.78. The standard InChI is InChI=1S/C9H18N2/c1-4-5-8(2)6-9(7-10)11-3/h5-6,11H,4,7,10H2,1-3H3/b8-5+,9-6-. The van der Waals surface area contributed by atoms with E-state index in [1.54, 1.807) is 0 Å². The molecule has 0 amide bonds. The van der Waals surface area contributed by atoms with Gasteiger partial charge in [-0.3, -0.25) is 0 Å². The van der Waals surface area contributed by atoms with E-state index in [0.717, 1.165) is 12.1 Å². The highest BCUT2D eigenvalue weighted by molar-refractivity contribution is 5.21. The summed E-state index contributed by atoms with van der Waals surface area (Å²) in [4.78, 5) is 0. The van der Waals surface area contributed by atoms with Gasteiger partial charge in [0.2, 0.25) is 0 Å². The van der Waals surface area contributed by atoms with Crippen LogP contribution in [-0.4, -0.2) is 13.6 Å². The molecule has 11 heavy (non-hydrogen) atoms. The van der Waals surface area contributed by atoms with Crippen LogP contribution in [0.5, 0.6) is 0 Å². The summed E-state index contributed by atoms with van der Waals surface area (Å²) < 4.78 is 0. The SMILES string of the molecule is CC/C=C(C)/C=C(/CN)NC. The largest absolute Gasteiger partial charge is 0.390 e. The number of rotatable bonds is 4. The summed E-state index contributed by atoms with van der Waals surface area (Å²) in [6.07, 6.45) is 5.32. The van der Waals surface area contributed by atoms with Crippen molar-refractivity contribution in [3.05, 3.63) is 23.4 Å². The number of nitrogens with one attached hydrogen (secondary N) is 1. The van der Waals surface area contributed by atoms with Gasteiger partial charge in [-0.2, -0.15) is 0 Å². The first-order valence-electron chi connectivity index (χ1n) is 3.99. The Balaban J connectivity index is 4.14. The van der Waals surface area contributed by atoms with Crippen molar-refractivity contribution in [2.24, 2.45) is 5.73 Å². The highest BCUT2D eigenvalue weighted by atomic mass is 14.9. The van der Waals surface area contributed by atoms with Crippen molar-refractivity contribution in [1.82, 2.24) is 5.32 Å². The van der Waals surface area contributed by atoms with Gasteiger partial charge in [0.1, 0.15) is 0 Å². The van der Waals surface area contributed by atoms with E-state index in [9.17, 15) is 0 Å². The Labute approximate surface area is 69.2 Å². The van der Waals surface area contributed by atoms with E-state index < -0.39 is 0 Å². The molecule has 0 aromatic rings. The normalized spacial score (nSPS) is 13.5. The first-order valence-corrected chi connectivity index (χ1v) is 3.99. The Hall–Kier alpha value is -0.760. The summed E-state index contributed by atoms with van der Waals surface area (Å²) in [6, 6.07) is 0. The van der Waals surface area contributed by atoms with Gasteiger partial charge in [0.15, 0.2) is 0 Å². The summed E-state index contributed by atoms with van der Waals surface area (Å²) in [5.74, 6) is 0. The molecule has 0 radical (unpaired) electrons. The van der Waals surface area contributed by atoms with Gasteiger partial charge in [-0.25, -0.2) is 0 Å². The number of hydrogen-bond donors (Lipinski definition) is 2. The van der Waals surface area contributed by atoms with Gasteiger partial charge in [0, 0.05) is 19.3 Å². The lowest BCUT2D eigenvalue weighted by Crippen LogP contribution is -2.15. The molecule has 0 aliphatic carbocycles. The Morgan fingerprint density at radius 3 is 2.55 bits per heavy atom. The molecule has 2 nitrogen and oxygen atoms in total. The van der Waals surface area contributed by atoms with Crippen LogP contribution < -0.4 is 11.1 Å². The molecule has 64 valence electrons. The fourth-order valence-electron chi connectivity index (χ4n) is 0.889. The van der Waals surface area contributed by atoms with E-state index in [0.29, 0.717) is 6.54 Å². The molecule has 0 unspecified atom stereocenters. The maximum absolute atomic E-state index is 5.47. The Kier molecular flexibility index (Phi) is 5.57. The zero-order valence-electron chi connectivity index (χ0n) is 7.65. The van der Waals surface area contributed by atoms with Crippen molar-refractivity contribution in [2.45, 2.75) is 20.3 Å². The van der Waals surface area contributed by atoms with Gasteiger partial charge < -0.3 is 11.1 Å². The molecule has 0 spiro atoms. The van der Waals surface area contributed by atoms with Gasteiger partial charge in [0.05, 0.1) is 0 Å². The number of allylic oxidation sites excluding steroid dienone is 3. The molecule has 0 heterocycles. The summed E-state index contributed by atoms with van der Waals surface area (Å²) in [5.41, 5.74) is 7.81. The van der Waals surface area contributed by atoms with Gasteiger partial charge in [-0.15, -0.1) is 0 Å². The molecular formula is C9H18N2. The molecule has 0 saturated carbocycles. The minimum Gasteiger partial charge on any atom is -0.390 e. The molecular weight excluding hydrogens is 136 g/mol. The van der Waals surface area contributed by atoms with Crippen molar-refractivity contribution in [1.29, 1.82) is 0 Å². The van der Waals surface area contributed by atoms with Crippen LogP contribution in [0.1, 0.15) is 20.3 Å². The van der Waals surface area contributed by atoms with Crippen molar-refractivity contribution in [3.63, 3.8) is 0 Å². The molecule has 0 aromatic heterocycles. The van der Waals surface area contributed by atoms with Crippen molar-refractivity contribution in [3.8, 4) is 0 Å². The fraction of sp³-hybridized carbons (Fsp3) is 0.556. The molecule has 2 heteroatoms. The second-order valence-corrected chi connectivity index (χ2v) is 2.48. The third-order valence-electron chi connectivity index (χ3n) is 1.47. The lowest BCUT2D eigenvalue weighted by molar-refractivity contribution is 0.922. The van der Waals surface area contributed by atoms with E-state index in [2.05, 4.69) is 31.3 Å². The first kappa shape index (κ1) is 10.2. The van der Waals surface area contributed by atoms with Crippen molar-refractivity contribution in [2.75, 3.05) is 13.6 Å². The van der Waals surface area contributed by atoms with E-state index in [-0.39, 0.29) is 0 Å². The molecule has 0 fully saturated rings. The van der Waals surface area contributed by atoms with Crippen LogP contribution in [-0.2, 0) is 0 Å². The minimum absolute atomic E-state index is 0.575. The molecule has 0 aromatic carbocycles. The monoisotopic (exact) mass is 154 g/mol. The third-order valence-corrected chi connectivity index (χ3v) is 1.47. The maximum Gasteiger partial charge on any atom is 0.0328 e. The number of likely N-dealkylation sites (N-methyl/N-ethyl adjacent to an activating group) is 1. The van der Waals surface area contributed by atoms with Crippen molar-refractivity contribution < 1.29 is 0 Å². The quantitative estimate of drug-likeness (QED) is 0.601. The van der Waals surface area contributed by atoms with Crippen LogP contribution in [0.15, 0.2) is 23.4 Å². The predicted molar refractivity (Wildman–Crippen MR) is 50.2 cm³/mol. The van der Waals surface area contributed by atoms with Crippen molar-refractivity contribution >= 4 is 0 Å². The molecule has 3 N–H and O–H groups in total. The predicted octanol–water partition coefficient (Wildman–Crippen LogP) is 1.40. The van der Waals surface area contributed by atoms with Crippen LogP contribution in [0.2, 0.25) is 0 Å². The highest BCUT2D eigenvalue weighted by Gasteiger charge is 1.88. The second-order valence-electron chi connectivity index (χ2n) is 2.48. The van der Waals surface area contributed by atoms with Gasteiger partial charge in [0.25, 0.3) is 0 Å². The topological polar surface area (TPSA) is 38.0 Å². The average Bonchev–Trinajstić information content (AvgIpc) is 2.01. The molecule has 0 rings (SSSR count). The highest BCUT2D eigenvalue weighted by Crippen LogP contribution is 1.99. The Bertz CT molecular complexity index is 151. The van der Waals surface area contributed by atoms with Gasteiger partial charge in [-0.1, -0.05) is 18.6 Å². The molecule has 0 aliphatic rings. The lowest BCUT2D eigenvalue weighted by Gasteiger charge is -2.02. The van der Waals surface area contributed by atoms with Crippen LogP contribution in [0.3, 0.4) is 0 Å². The Morgan fingerprint density at radius 2 is 2.18 bits per heavy atom. The second kappa shape index (κ2) is 5.98. The maximum atomic E-state index is 5.47. The van der Waals surface area contributed by atoms with E-state index in [4.69, 9.17) is 5.73 Å². The first-order chi connectivity index (χ1) is 5.24.